The molecular formula is C14H18FN3O3. The lowest BCUT2D eigenvalue weighted by Gasteiger charge is -2.23. The molecule has 0 bridgehead atoms. The normalized spacial score (nSPS) is 18.0. The number of halogens is 1. The molecule has 1 aromatic rings. The summed E-state index contributed by atoms with van der Waals surface area (Å²) in [6, 6.07) is 3.07. The number of nitrogens with one attached hydrogen (secondary N) is 2. The van der Waals surface area contributed by atoms with E-state index < -0.39 is 17.8 Å². The van der Waals surface area contributed by atoms with Crippen molar-refractivity contribution < 1.29 is 18.7 Å². The van der Waals surface area contributed by atoms with Crippen LogP contribution in [0.2, 0.25) is 0 Å². The van der Waals surface area contributed by atoms with Gasteiger partial charge in [-0.1, -0.05) is 0 Å². The molecule has 1 fully saturated rings. The van der Waals surface area contributed by atoms with Crippen LogP contribution in [0.4, 0.5) is 4.39 Å². The minimum atomic E-state index is -0.600. The molecule has 0 saturated carbocycles. The van der Waals surface area contributed by atoms with Gasteiger partial charge in [0.2, 0.25) is 5.91 Å². The molecular weight excluding hydrogens is 277 g/mol. The molecule has 21 heavy (non-hydrogen) atoms. The Hall–Kier alpha value is -2.15. The van der Waals surface area contributed by atoms with Gasteiger partial charge in [0.05, 0.1) is 5.56 Å². The Morgan fingerprint density at radius 3 is 3.05 bits per heavy atom. The third-order valence-corrected chi connectivity index (χ3v) is 3.15. The van der Waals surface area contributed by atoms with Crippen LogP contribution >= 0.6 is 0 Å². The molecule has 2 amide bonds. The molecule has 1 heterocycles. The van der Waals surface area contributed by atoms with Crippen molar-refractivity contribution in [3.63, 3.8) is 0 Å². The van der Waals surface area contributed by atoms with Crippen LogP contribution in [0.5, 0.6) is 5.75 Å². The van der Waals surface area contributed by atoms with Crippen molar-refractivity contribution >= 4 is 11.8 Å². The molecule has 0 spiro atoms. The number of rotatable bonds is 5. The van der Waals surface area contributed by atoms with E-state index in [1.807, 2.05) is 0 Å². The Morgan fingerprint density at radius 1 is 1.52 bits per heavy atom. The molecule has 0 unspecified atom stereocenters. The van der Waals surface area contributed by atoms with E-state index in [0.29, 0.717) is 13.0 Å². The first-order chi connectivity index (χ1) is 10.1. The standard InChI is InChI=1S/C14H18FN3O3/c15-9-3-4-12(21-7-5-16)10(8-9)13(19)18-11-2-1-6-17-14(11)20/h3-4,8,11H,1-2,5-7,16H2,(H,17,20)(H,18,19)/t11-/m0/s1. The Morgan fingerprint density at radius 2 is 2.33 bits per heavy atom. The van der Waals surface area contributed by atoms with Crippen molar-refractivity contribution in [2.75, 3.05) is 19.7 Å². The fourth-order valence-electron chi connectivity index (χ4n) is 2.12. The first kappa shape index (κ1) is 15.2. The highest BCUT2D eigenvalue weighted by atomic mass is 19.1. The van der Waals surface area contributed by atoms with Crippen molar-refractivity contribution in [3.05, 3.63) is 29.6 Å². The third-order valence-electron chi connectivity index (χ3n) is 3.15. The van der Waals surface area contributed by atoms with E-state index in [1.54, 1.807) is 0 Å². The molecule has 1 aromatic carbocycles. The van der Waals surface area contributed by atoms with E-state index in [1.165, 1.54) is 12.1 Å². The van der Waals surface area contributed by atoms with E-state index in [9.17, 15) is 14.0 Å². The van der Waals surface area contributed by atoms with Crippen LogP contribution in [0, 0.1) is 5.82 Å². The second kappa shape index (κ2) is 7.03. The second-order valence-electron chi connectivity index (χ2n) is 4.74. The van der Waals surface area contributed by atoms with Gasteiger partial charge in [0, 0.05) is 13.1 Å². The zero-order chi connectivity index (χ0) is 15.2. The molecule has 1 saturated heterocycles. The van der Waals surface area contributed by atoms with Gasteiger partial charge in [0.25, 0.3) is 5.91 Å². The van der Waals surface area contributed by atoms with Crippen LogP contribution in [0.1, 0.15) is 23.2 Å². The Kier molecular flexibility index (Phi) is 5.10. The molecule has 7 heteroatoms. The summed E-state index contributed by atoms with van der Waals surface area (Å²) in [6.45, 7) is 1.11. The minimum absolute atomic E-state index is 0.0572. The SMILES string of the molecule is NCCOc1ccc(F)cc1C(=O)N[C@H]1CCCNC1=O. The number of amides is 2. The van der Waals surface area contributed by atoms with Crippen LogP contribution in [0.15, 0.2) is 18.2 Å². The van der Waals surface area contributed by atoms with E-state index in [-0.39, 0.29) is 30.4 Å². The van der Waals surface area contributed by atoms with Gasteiger partial charge in [-0.2, -0.15) is 0 Å². The molecule has 2 rings (SSSR count). The van der Waals surface area contributed by atoms with Crippen LogP contribution in [0.3, 0.4) is 0 Å². The largest absolute Gasteiger partial charge is 0.491 e. The average molecular weight is 295 g/mol. The molecule has 114 valence electrons. The summed E-state index contributed by atoms with van der Waals surface area (Å²) in [4.78, 5) is 23.9. The maximum absolute atomic E-state index is 13.3. The smallest absolute Gasteiger partial charge is 0.255 e. The highest BCUT2D eigenvalue weighted by Gasteiger charge is 2.25. The van der Waals surface area contributed by atoms with Gasteiger partial charge in [-0.25, -0.2) is 4.39 Å². The van der Waals surface area contributed by atoms with Crippen molar-refractivity contribution in [2.24, 2.45) is 5.73 Å². The zero-order valence-electron chi connectivity index (χ0n) is 11.5. The summed E-state index contributed by atoms with van der Waals surface area (Å²) >= 11 is 0. The lowest BCUT2D eigenvalue weighted by Crippen LogP contribution is -2.50. The number of benzene rings is 1. The zero-order valence-corrected chi connectivity index (χ0v) is 11.5. The van der Waals surface area contributed by atoms with Crippen LogP contribution in [-0.2, 0) is 4.79 Å². The Balaban J connectivity index is 2.13. The fourth-order valence-corrected chi connectivity index (χ4v) is 2.12. The number of hydrogen-bond donors (Lipinski definition) is 3. The van der Waals surface area contributed by atoms with Crippen molar-refractivity contribution in [1.82, 2.24) is 10.6 Å². The van der Waals surface area contributed by atoms with Gasteiger partial charge in [-0.3, -0.25) is 9.59 Å². The quantitative estimate of drug-likeness (QED) is 0.722. The first-order valence-electron chi connectivity index (χ1n) is 6.83. The van der Waals surface area contributed by atoms with Crippen molar-refractivity contribution in [2.45, 2.75) is 18.9 Å². The van der Waals surface area contributed by atoms with Gasteiger partial charge in [-0.15, -0.1) is 0 Å². The number of ether oxygens (including phenoxy) is 1. The summed E-state index contributed by atoms with van der Waals surface area (Å²) in [5.74, 6) is -1.07. The third kappa shape index (κ3) is 3.91. The number of nitrogens with two attached hydrogens (primary N) is 1. The summed E-state index contributed by atoms with van der Waals surface area (Å²) in [6.07, 6.45) is 1.35. The highest BCUT2D eigenvalue weighted by molar-refractivity contribution is 5.99. The molecule has 4 N–H and O–H groups in total. The maximum atomic E-state index is 13.3. The van der Waals surface area contributed by atoms with E-state index in [2.05, 4.69) is 10.6 Å². The Labute approximate surface area is 121 Å². The molecule has 0 radical (unpaired) electrons. The molecule has 6 nitrogen and oxygen atoms in total. The average Bonchev–Trinajstić information content (AvgIpc) is 2.48. The second-order valence-corrected chi connectivity index (χ2v) is 4.74. The number of hydrogen-bond acceptors (Lipinski definition) is 4. The van der Waals surface area contributed by atoms with E-state index in [4.69, 9.17) is 10.5 Å². The summed E-state index contributed by atoms with van der Waals surface area (Å²) in [5.41, 5.74) is 5.40. The van der Waals surface area contributed by atoms with Crippen LogP contribution < -0.4 is 21.1 Å². The molecule has 1 atom stereocenters. The molecule has 1 aliphatic rings. The van der Waals surface area contributed by atoms with Gasteiger partial charge < -0.3 is 21.1 Å². The van der Waals surface area contributed by atoms with Crippen LogP contribution in [-0.4, -0.2) is 37.6 Å². The number of piperidine rings is 1. The highest BCUT2D eigenvalue weighted by Crippen LogP contribution is 2.20. The van der Waals surface area contributed by atoms with Crippen molar-refractivity contribution in [3.8, 4) is 5.75 Å². The van der Waals surface area contributed by atoms with Gasteiger partial charge in [-0.05, 0) is 31.0 Å². The molecule has 1 aliphatic heterocycles. The topological polar surface area (TPSA) is 93.4 Å². The lowest BCUT2D eigenvalue weighted by atomic mass is 10.1. The van der Waals surface area contributed by atoms with Gasteiger partial charge >= 0.3 is 0 Å². The number of carbonyl (C=O) groups is 2. The Bertz CT molecular complexity index is 536. The summed E-state index contributed by atoms with van der Waals surface area (Å²) in [7, 11) is 0. The monoisotopic (exact) mass is 295 g/mol. The summed E-state index contributed by atoms with van der Waals surface area (Å²) < 4.78 is 18.7. The first-order valence-corrected chi connectivity index (χ1v) is 6.83. The van der Waals surface area contributed by atoms with E-state index >= 15 is 0 Å². The molecule has 0 aromatic heterocycles. The van der Waals surface area contributed by atoms with E-state index in [0.717, 1.165) is 12.5 Å². The predicted molar refractivity (Wildman–Crippen MR) is 74.4 cm³/mol. The lowest BCUT2D eigenvalue weighted by molar-refractivity contribution is -0.124. The van der Waals surface area contributed by atoms with Gasteiger partial charge in [0.15, 0.2) is 0 Å². The fraction of sp³-hybridized carbons (Fsp3) is 0.429. The number of carbonyl (C=O) groups excluding carboxylic acids is 2. The maximum Gasteiger partial charge on any atom is 0.255 e. The summed E-state index contributed by atoms with van der Waals surface area (Å²) in [5, 5.41) is 5.27. The van der Waals surface area contributed by atoms with Crippen molar-refractivity contribution in [1.29, 1.82) is 0 Å². The minimum Gasteiger partial charge on any atom is -0.491 e. The van der Waals surface area contributed by atoms with Gasteiger partial charge in [0.1, 0.15) is 24.2 Å². The molecule has 0 aliphatic carbocycles. The van der Waals surface area contributed by atoms with Crippen LogP contribution in [0.25, 0.3) is 0 Å². The predicted octanol–water partition coefficient (Wildman–Crippen LogP) is 0.172.